The van der Waals surface area contributed by atoms with E-state index in [1.165, 1.54) is 11.1 Å². The van der Waals surface area contributed by atoms with Gasteiger partial charge in [-0.2, -0.15) is 0 Å². The van der Waals surface area contributed by atoms with Gasteiger partial charge in [0.2, 0.25) is 0 Å². The molecule has 1 N–H and O–H groups in total. The van der Waals surface area contributed by atoms with Crippen molar-refractivity contribution in [1.29, 1.82) is 0 Å². The summed E-state index contributed by atoms with van der Waals surface area (Å²) in [5.74, 6) is 1.14. The van der Waals surface area contributed by atoms with Gasteiger partial charge in [-0.15, -0.1) is 11.8 Å². The summed E-state index contributed by atoms with van der Waals surface area (Å²) >= 11 is 1.59. The molecule has 162 valence electrons. The van der Waals surface area contributed by atoms with Gasteiger partial charge < -0.3 is 19.5 Å². The molecule has 0 aliphatic carbocycles. The van der Waals surface area contributed by atoms with Crippen molar-refractivity contribution < 1.29 is 23.8 Å². The highest BCUT2D eigenvalue weighted by Crippen LogP contribution is 2.29. The van der Waals surface area contributed by atoms with E-state index in [0.29, 0.717) is 17.3 Å². The molecule has 0 radical (unpaired) electrons. The normalized spacial score (nSPS) is 11.5. The molecule has 0 saturated carbocycles. The smallest absolute Gasteiger partial charge is 0.307 e. The summed E-state index contributed by atoms with van der Waals surface area (Å²) in [5, 5.41) is 2.81. The minimum absolute atomic E-state index is 0.240. The average molecular weight is 432 g/mol. The van der Waals surface area contributed by atoms with E-state index in [4.69, 9.17) is 14.2 Å². The van der Waals surface area contributed by atoms with Crippen LogP contribution in [0.15, 0.2) is 41.3 Å². The molecule has 0 aromatic heterocycles. The zero-order valence-electron chi connectivity index (χ0n) is 18.1. The molecule has 2 aromatic rings. The van der Waals surface area contributed by atoms with Crippen LogP contribution < -0.4 is 14.8 Å². The van der Waals surface area contributed by atoms with Crippen LogP contribution in [0.4, 0.5) is 0 Å². The summed E-state index contributed by atoms with van der Waals surface area (Å²) in [7, 11) is 3.14. The number of aryl methyl sites for hydroxylation is 2. The second-order valence-corrected chi connectivity index (χ2v) is 8.07. The molecule has 0 aliphatic rings. The molecular formula is C23H29NO5S. The molecule has 0 fully saturated rings. The van der Waals surface area contributed by atoms with Gasteiger partial charge in [0.05, 0.1) is 26.7 Å². The first kappa shape index (κ1) is 23.6. The summed E-state index contributed by atoms with van der Waals surface area (Å²) in [6, 6.07) is 11.3. The Morgan fingerprint density at radius 1 is 1.03 bits per heavy atom. The molecule has 1 atom stereocenters. The Morgan fingerprint density at radius 3 is 2.47 bits per heavy atom. The van der Waals surface area contributed by atoms with Gasteiger partial charge in [-0.3, -0.25) is 9.59 Å². The molecule has 1 unspecified atom stereocenters. The van der Waals surface area contributed by atoms with Crippen LogP contribution in [0, 0.1) is 13.8 Å². The lowest BCUT2D eigenvalue weighted by Gasteiger charge is -2.18. The van der Waals surface area contributed by atoms with E-state index in [1.54, 1.807) is 44.2 Å². The van der Waals surface area contributed by atoms with Gasteiger partial charge in [-0.25, -0.2) is 0 Å². The van der Waals surface area contributed by atoms with Crippen molar-refractivity contribution in [3.05, 3.63) is 53.1 Å². The maximum Gasteiger partial charge on any atom is 0.307 e. The Hall–Kier alpha value is -2.67. The van der Waals surface area contributed by atoms with E-state index in [-0.39, 0.29) is 25.0 Å². The van der Waals surface area contributed by atoms with Crippen molar-refractivity contribution in [3.63, 3.8) is 0 Å². The zero-order valence-corrected chi connectivity index (χ0v) is 18.9. The molecule has 2 rings (SSSR count). The van der Waals surface area contributed by atoms with Crippen LogP contribution in [-0.2, 0) is 14.3 Å². The summed E-state index contributed by atoms with van der Waals surface area (Å²) in [4.78, 5) is 25.2. The first-order valence-electron chi connectivity index (χ1n) is 9.71. The van der Waals surface area contributed by atoms with Crippen LogP contribution in [0.2, 0.25) is 0 Å². The van der Waals surface area contributed by atoms with E-state index in [0.717, 1.165) is 10.5 Å². The monoisotopic (exact) mass is 431 g/mol. The molecule has 6 nitrogen and oxygen atoms in total. The van der Waals surface area contributed by atoms with Crippen molar-refractivity contribution in [3.8, 4) is 11.5 Å². The maximum absolute atomic E-state index is 12.2. The number of methoxy groups -OCH3 is 2. The third-order valence-corrected chi connectivity index (χ3v) is 5.69. The second kappa shape index (κ2) is 11.5. The van der Waals surface area contributed by atoms with Gasteiger partial charge in [0.25, 0.3) is 5.91 Å². The Kier molecular flexibility index (Phi) is 9.05. The highest BCUT2D eigenvalue weighted by atomic mass is 32.2. The molecule has 1 amide bonds. The SMILES string of the molecule is COc1ccc(OC)c(C(C)NC(=O)COC(=O)CCSc2ccc(C)c(C)c2)c1. The second-order valence-electron chi connectivity index (χ2n) is 6.90. The topological polar surface area (TPSA) is 73.9 Å². The molecule has 0 saturated heterocycles. The first-order chi connectivity index (χ1) is 14.3. The van der Waals surface area contributed by atoms with E-state index in [2.05, 4.69) is 31.3 Å². The van der Waals surface area contributed by atoms with Gasteiger partial charge in [-0.1, -0.05) is 6.07 Å². The Labute approximate surface area is 182 Å². The molecule has 0 spiro atoms. The number of esters is 1. The Bertz CT molecular complexity index is 884. The first-order valence-corrected chi connectivity index (χ1v) is 10.7. The number of benzene rings is 2. The van der Waals surface area contributed by atoms with Gasteiger partial charge in [0, 0.05) is 16.2 Å². The highest BCUT2D eigenvalue weighted by Gasteiger charge is 2.16. The number of ether oxygens (including phenoxy) is 3. The summed E-state index contributed by atoms with van der Waals surface area (Å²) in [5.41, 5.74) is 3.24. The lowest BCUT2D eigenvalue weighted by molar-refractivity contribution is -0.148. The number of rotatable bonds is 10. The molecule has 2 aromatic carbocycles. The van der Waals surface area contributed by atoms with Crippen molar-refractivity contribution in [2.75, 3.05) is 26.6 Å². The molecule has 0 bridgehead atoms. The molecule has 0 aliphatic heterocycles. The summed E-state index contributed by atoms with van der Waals surface area (Å²) in [6.45, 7) is 5.65. The fourth-order valence-electron chi connectivity index (χ4n) is 2.81. The fraction of sp³-hybridized carbons (Fsp3) is 0.391. The zero-order chi connectivity index (χ0) is 22.1. The number of hydrogen-bond acceptors (Lipinski definition) is 6. The fourth-order valence-corrected chi connectivity index (χ4v) is 3.74. The van der Waals surface area contributed by atoms with Crippen LogP contribution in [-0.4, -0.2) is 38.5 Å². The third kappa shape index (κ3) is 6.99. The van der Waals surface area contributed by atoms with E-state index in [1.807, 2.05) is 13.0 Å². The van der Waals surface area contributed by atoms with Gasteiger partial charge >= 0.3 is 5.97 Å². The van der Waals surface area contributed by atoms with E-state index in [9.17, 15) is 9.59 Å². The van der Waals surface area contributed by atoms with Crippen molar-refractivity contribution in [1.82, 2.24) is 5.32 Å². The molecule has 30 heavy (non-hydrogen) atoms. The summed E-state index contributed by atoms with van der Waals surface area (Å²) in [6.07, 6.45) is 0.240. The van der Waals surface area contributed by atoms with E-state index >= 15 is 0 Å². The number of nitrogens with one attached hydrogen (secondary N) is 1. The minimum Gasteiger partial charge on any atom is -0.497 e. The number of thioether (sulfide) groups is 1. The molecule has 7 heteroatoms. The predicted octanol–water partition coefficient (Wildman–Crippen LogP) is 4.22. The largest absolute Gasteiger partial charge is 0.497 e. The highest BCUT2D eigenvalue weighted by molar-refractivity contribution is 7.99. The predicted molar refractivity (Wildman–Crippen MR) is 118 cm³/mol. The number of carbonyl (C=O) groups excluding carboxylic acids is 2. The standard InChI is InChI=1S/C23H29NO5S/c1-15-6-8-19(12-16(15)2)30-11-10-23(26)29-14-22(25)24-17(3)20-13-18(27-4)7-9-21(20)28-5/h6-9,12-13,17H,10-11,14H2,1-5H3,(H,24,25). The lowest BCUT2D eigenvalue weighted by Crippen LogP contribution is -2.31. The van der Waals surface area contributed by atoms with Crippen LogP contribution >= 0.6 is 11.8 Å². The van der Waals surface area contributed by atoms with Gasteiger partial charge in [-0.05, 0) is 62.2 Å². The minimum atomic E-state index is -0.395. The lowest BCUT2D eigenvalue weighted by atomic mass is 10.1. The van der Waals surface area contributed by atoms with Gasteiger partial charge in [0.15, 0.2) is 6.61 Å². The van der Waals surface area contributed by atoms with Crippen molar-refractivity contribution in [2.45, 2.75) is 38.1 Å². The number of amides is 1. The maximum atomic E-state index is 12.2. The molecule has 0 heterocycles. The third-order valence-electron chi connectivity index (χ3n) is 4.70. The average Bonchev–Trinajstić information content (AvgIpc) is 2.74. The Morgan fingerprint density at radius 2 is 1.80 bits per heavy atom. The number of hydrogen-bond donors (Lipinski definition) is 1. The van der Waals surface area contributed by atoms with E-state index < -0.39 is 5.97 Å². The van der Waals surface area contributed by atoms with Crippen LogP contribution in [0.1, 0.15) is 36.1 Å². The number of carbonyl (C=O) groups is 2. The van der Waals surface area contributed by atoms with Gasteiger partial charge in [0.1, 0.15) is 11.5 Å². The quantitative estimate of drug-likeness (QED) is 0.448. The van der Waals surface area contributed by atoms with Crippen molar-refractivity contribution in [2.24, 2.45) is 0 Å². The van der Waals surface area contributed by atoms with Crippen LogP contribution in [0.25, 0.3) is 0 Å². The van der Waals surface area contributed by atoms with Crippen LogP contribution in [0.3, 0.4) is 0 Å². The Balaban J connectivity index is 1.77. The van der Waals surface area contributed by atoms with Crippen molar-refractivity contribution >= 4 is 23.6 Å². The summed E-state index contributed by atoms with van der Waals surface area (Å²) < 4.78 is 15.7. The molecular weight excluding hydrogens is 402 g/mol. The van der Waals surface area contributed by atoms with Crippen LogP contribution in [0.5, 0.6) is 11.5 Å².